The van der Waals surface area contributed by atoms with Gasteiger partial charge in [0.2, 0.25) is 0 Å². The second-order valence-electron chi connectivity index (χ2n) is 13.7. The zero-order valence-electron chi connectivity index (χ0n) is 29.8. The second-order valence-corrected chi connectivity index (χ2v) is 13.7. The van der Waals surface area contributed by atoms with E-state index in [1.165, 1.54) is 11.1 Å². The maximum absolute atomic E-state index is 6.22. The quantitative estimate of drug-likeness (QED) is 0.166. The number of hydrogen-bond donors (Lipinski definition) is 0. The van der Waals surface area contributed by atoms with E-state index in [9.17, 15) is 0 Å². The number of rotatable bonds is 7. The van der Waals surface area contributed by atoms with Gasteiger partial charge in [0.15, 0.2) is 5.82 Å². The second kappa shape index (κ2) is 13.8. The van der Waals surface area contributed by atoms with Gasteiger partial charge in [0, 0.05) is 39.9 Å². The van der Waals surface area contributed by atoms with Gasteiger partial charge in [0.25, 0.3) is 0 Å². The first kappa shape index (κ1) is 32.2. The van der Waals surface area contributed by atoms with Gasteiger partial charge >= 0.3 is 0 Å². The van der Waals surface area contributed by atoms with E-state index in [1.807, 2.05) is 54.9 Å². The maximum Gasteiger partial charge on any atom is 0.160 e. The molecule has 0 spiro atoms. The van der Waals surface area contributed by atoms with E-state index in [-0.39, 0.29) is 0 Å². The Labute approximate surface area is 319 Å². The Morgan fingerprint density at radius 1 is 0.309 bits per heavy atom. The van der Waals surface area contributed by atoms with E-state index in [0.29, 0.717) is 5.82 Å². The lowest BCUT2D eigenvalue weighted by Gasteiger charge is -2.15. The van der Waals surface area contributed by atoms with E-state index in [4.69, 9.17) is 14.4 Å². The molecule has 0 atom stereocenters. The number of furan rings is 1. The fourth-order valence-electron chi connectivity index (χ4n) is 7.44. The lowest BCUT2D eigenvalue weighted by Crippen LogP contribution is -1.97. The van der Waals surface area contributed by atoms with Crippen molar-refractivity contribution in [3.8, 4) is 78.4 Å². The van der Waals surface area contributed by atoms with Gasteiger partial charge in [0.05, 0.1) is 11.4 Å². The maximum atomic E-state index is 6.22. The van der Waals surface area contributed by atoms with Crippen molar-refractivity contribution >= 4 is 21.9 Å². The minimum absolute atomic E-state index is 0.675. The van der Waals surface area contributed by atoms with Crippen molar-refractivity contribution in [3.63, 3.8) is 0 Å². The molecule has 0 saturated heterocycles. The molecule has 0 aliphatic carbocycles. The molecule has 0 bridgehead atoms. The topological polar surface area (TPSA) is 51.8 Å². The largest absolute Gasteiger partial charge is 0.456 e. The molecule has 10 rings (SSSR count). The fraction of sp³-hybridized carbons (Fsp3) is 0. The molecule has 0 fully saturated rings. The van der Waals surface area contributed by atoms with E-state index < -0.39 is 0 Å². The molecule has 3 aromatic heterocycles. The van der Waals surface area contributed by atoms with Gasteiger partial charge < -0.3 is 4.42 Å². The van der Waals surface area contributed by atoms with Crippen LogP contribution in [0.4, 0.5) is 0 Å². The highest BCUT2D eigenvalue weighted by molar-refractivity contribution is 6.06. The van der Waals surface area contributed by atoms with Crippen LogP contribution in [0.2, 0.25) is 0 Å². The average Bonchev–Trinajstić information content (AvgIpc) is 3.65. The predicted octanol–water partition coefficient (Wildman–Crippen LogP) is 13.4. The first-order chi connectivity index (χ1) is 27.2. The number of aromatic nitrogens is 3. The first-order valence-corrected chi connectivity index (χ1v) is 18.4. The van der Waals surface area contributed by atoms with Crippen LogP contribution in [0.3, 0.4) is 0 Å². The van der Waals surface area contributed by atoms with Gasteiger partial charge in [-0.05, 0) is 99.1 Å². The van der Waals surface area contributed by atoms with Crippen LogP contribution in [0.5, 0.6) is 0 Å². The Morgan fingerprint density at radius 2 is 0.855 bits per heavy atom. The zero-order valence-corrected chi connectivity index (χ0v) is 29.8. The summed E-state index contributed by atoms with van der Waals surface area (Å²) in [5.41, 5.74) is 15.5. The third-order valence-corrected chi connectivity index (χ3v) is 10.2. The molecular weight excluding hydrogens is 671 g/mol. The first-order valence-electron chi connectivity index (χ1n) is 18.4. The Bertz CT molecular complexity index is 2950. The van der Waals surface area contributed by atoms with Crippen molar-refractivity contribution in [2.75, 3.05) is 0 Å². The van der Waals surface area contributed by atoms with E-state index in [1.54, 1.807) is 0 Å². The Balaban J connectivity index is 1.18. The number of para-hydroxylation sites is 1. The fourth-order valence-corrected chi connectivity index (χ4v) is 7.44. The van der Waals surface area contributed by atoms with Crippen LogP contribution in [0.15, 0.2) is 205 Å². The van der Waals surface area contributed by atoms with Gasteiger partial charge in [0.1, 0.15) is 11.2 Å². The lowest BCUT2D eigenvalue weighted by atomic mass is 9.90. The molecule has 10 aromatic rings. The van der Waals surface area contributed by atoms with Gasteiger partial charge in [-0.2, -0.15) is 0 Å². The summed E-state index contributed by atoms with van der Waals surface area (Å²) in [6.45, 7) is 0. The molecule has 0 aliphatic rings. The molecule has 0 N–H and O–H groups in total. The van der Waals surface area contributed by atoms with Crippen LogP contribution in [-0.4, -0.2) is 15.0 Å². The summed E-state index contributed by atoms with van der Waals surface area (Å²) in [6.07, 6.45) is 3.64. The molecule has 7 aromatic carbocycles. The number of pyridine rings is 1. The van der Waals surface area contributed by atoms with Crippen LogP contribution in [-0.2, 0) is 0 Å². The summed E-state index contributed by atoms with van der Waals surface area (Å²) >= 11 is 0. The standard InChI is InChI=1S/C51H33N3O/c1-3-11-36(12-4-1)43-15-7-8-16-44(43)41-29-40(39-23-24-50-46(32-39)45-17-9-10-18-49(45)55-50)30-42(31-41)48-33-47(53-51(54-48)38-13-5-2-6-14-38)37-21-19-34(20-22-37)35-25-27-52-28-26-35/h1-33H. The molecule has 0 aliphatic heterocycles. The zero-order chi connectivity index (χ0) is 36.6. The van der Waals surface area contributed by atoms with Crippen molar-refractivity contribution in [2.24, 2.45) is 0 Å². The van der Waals surface area contributed by atoms with Crippen molar-refractivity contribution in [3.05, 3.63) is 200 Å². The van der Waals surface area contributed by atoms with Crippen LogP contribution >= 0.6 is 0 Å². The molecule has 0 saturated carbocycles. The highest BCUT2D eigenvalue weighted by atomic mass is 16.3. The van der Waals surface area contributed by atoms with Crippen LogP contribution in [0.25, 0.3) is 100 Å². The Hall–Kier alpha value is -7.43. The minimum Gasteiger partial charge on any atom is -0.456 e. The molecule has 0 unspecified atom stereocenters. The lowest BCUT2D eigenvalue weighted by molar-refractivity contribution is 0.669. The molecule has 0 radical (unpaired) electrons. The summed E-state index contributed by atoms with van der Waals surface area (Å²) in [4.78, 5) is 14.6. The number of hydrogen-bond acceptors (Lipinski definition) is 4. The van der Waals surface area contributed by atoms with E-state index >= 15 is 0 Å². The summed E-state index contributed by atoms with van der Waals surface area (Å²) in [6, 6.07) is 65.7. The molecule has 258 valence electrons. The molecule has 55 heavy (non-hydrogen) atoms. The number of benzene rings is 7. The smallest absolute Gasteiger partial charge is 0.160 e. The van der Waals surface area contributed by atoms with Crippen LogP contribution in [0.1, 0.15) is 0 Å². The van der Waals surface area contributed by atoms with Crippen LogP contribution in [0, 0.1) is 0 Å². The number of fused-ring (bicyclic) bond motifs is 3. The van der Waals surface area contributed by atoms with Gasteiger partial charge in [-0.1, -0.05) is 133 Å². The molecule has 0 amide bonds. The minimum atomic E-state index is 0.675. The Morgan fingerprint density at radius 3 is 1.62 bits per heavy atom. The van der Waals surface area contributed by atoms with E-state index in [0.717, 1.165) is 83.4 Å². The van der Waals surface area contributed by atoms with Crippen molar-refractivity contribution in [1.29, 1.82) is 0 Å². The molecular formula is C51H33N3O. The van der Waals surface area contributed by atoms with Gasteiger partial charge in [-0.3, -0.25) is 4.98 Å². The van der Waals surface area contributed by atoms with Crippen molar-refractivity contribution in [2.45, 2.75) is 0 Å². The third-order valence-electron chi connectivity index (χ3n) is 10.2. The highest BCUT2D eigenvalue weighted by Crippen LogP contribution is 2.40. The van der Waals surface area contributed by atoms with Crippen molar-refractivity contribution < 1.29 is 4.42 Å². The number of nitrogens with zero attached hydrogens (tertiary/aromatic N) is 3. The van der Waals surface area contributed by atoms with Crippen LogP contribution < -0.4 is 0 Å². The van der Waals surface area contributed by atoms with Gasteiger partial charge in [-0.15, -0.1) is 0 Å². The molecule has 3 heterocycles. The predicted molar refractivity (Wildman–Crippen MR) is 225 cm³/mol. The summed E-state index contributed by atoms with van der Waals surface area (Å²) < 4.78 is 6.22. The summed E-state index contributed by atoms with van der Waals surface area (Å²) in [5.74, 6) is 0.675. The monoisotopic (exact) mass is 703 g/mol. The third kappa shape index (κ3) is 6.26. The highest BCUT2D eigenvalue weighted by Gasteiger charge is 2.16. The van der Waals surface area contributed by atoms with Gasteiger partial charge in [-0.25, -0.2) is 9.97 Å². The molecule has 4 heteroatoms. The normalized spacial score (nSPS) is 11.3. The molecule has 4 nitrogen and oxygen atoms in total. The van der Waals surface area contributed by atoms with Crippen molar-refractivity contribution in [1.82, 2.24) is 15.0 Å². The average molecular weight is 704 g/mol. The van der Waals surface area contributed by atoms with E-state index in [2.05, 4.69) is 151 Å². The summed E-state index contributed by atoms with van der Waals surface area (Å²) in [5, 5.41) is 2.20. The SMILES string of the molecule is c1ccc(-c2nc(-c3ccc(-c4ccncc4)cc3)cc(-c3cc(-c4ccc5oc6ccccc6c5c4)cc(-c4ccccc4-c4ccccc4)c3)n2)cc1. The Kier molecular flexibility index (Phi) is 8.12. The summed E-state index contributed by atoms with van der Waals surface area (Å²) in [7, 11) is 0.